The number of nitrogens with two attached hydrogens (primary N) is 1. The number of ether oxygens (including phenoxy) is 2. The Morgan fingerprint density at radius 1 is 1.22 bits per heavy atom. The van der Waals surface area contributed by atoms with E-state index in [1.54, 1.807) is 24.3 Å². The van der Waals surface area contributed by atoms with Crippen molar-refractivity contribution in [1.29, 1.82) is 0 Å². The van der Waals surface area contributed by atoms with E-state index < -0.39 is 11.3 Å². The Bertz CT molecular complexity index is 1280. The van der Waals surface area contributed by atoms with Gasteiger partial charge < -0.3 is 15.2 Å². The molecule has 10 heteroatoms. The van der Waals surface area contributed by atoms with Gasteiger partial charge in [0.05, 0.1) is 24.2 Å². The van der Waals surface area contributed by atoms with Gasteiger partial charge in [-0.05, 0) is 46.3 Å². The van der Waals surface area contributed by atoms with Crippen LogP contribution in [0.15, 0.2) is 49.2 Å². The molecule has 8 nitrogen and oxygen atoms in total. The molecule has 0 atom stereocenters. The third-order valence-corrected chi connectivity index (χ3v) is 5.62. The van der Waals surface area contributed by atoms with Crippen LogP contribution in [0.5, 0.6) is 11.5 Å². The SMILES string of the molecule is COc1cc(C=Nn2c(C(C)(C)C)nc3ccc(Br)cc3c2=O)c(Br)cc1OCC(N)=O. The van der Waals surface area contributed by atoms with Crippen LogP contribution in [-0.4, -0.2) is 35.5 Å². The third-order valence-electron chi connectivity index (χ3n) is 4.44. The Kier molecular flexibility index (Phi) is 7.04. The van der Waals surface area contributed by atoms with Gasteiger partial charge in [-0.2, -0.15) is 9.78 Å². The first-order chi connectivity index (χ1) is 15.0. The maximum absolute atomic E-state index is 13.3. The van der Waals surface area contributed by atoms with Gasteiger partial charge in [0.25, 0.3) is 11.5 Å². The third kappa shape index (κ3) is 5.18. The summed E-state index contributed by atoms with van der Waals surface area (Å²) in [4.78, 5) is 29.0. The Hall–Kier alpha value is -2.72. The molecule has 3 rings (SSSR count). The second kappa shape index (κ2) is 9.41. The first-order valence-electron chi connectivity index (χ1n) is 9.57. The maximum Gasteiger partial charge on any atom is 0.282 e. The lowest BCUT2D eigenvalue weighted by atomic mass is 9.95. The summed E-state index contributed by atoms with van der Waals surface area (Å²) < 4.78 is 13.5. The lowest BCUT2D eigenvalue weighted by molar-refractivity contribution is -0.119. The van der Waals surface area contributed by atoms with Crippen molar-refractivity contribution in [1.82, 2.24) is 9.66 Å². The number of hydrogen-bond acceptors (Lipinski definition) is 6. The van der Waals surface area contributed by atoms with E-state index in [9.17, 15) is 9.59 Å². The zero-order valence-electron chi connectivity index (χ0n) is 18.0. The minimum absolute atomic E-state index is 0.276. The van der Waals surface area contributed by atoms with Crippen LogP contribution in [0.3, 0.4) is 0 Å². The van der Waals surface area contributed by atoms with Crippen LogP contribution in [0.2, 0.25) is 0 Å². The average Bonchev–Trinajstić information content (AvgIpc) is 2.71. The summed E-state index contributed by atoms with van der Waals surface area (Å²) in [6.07, 6.45) is 1.53. The largest absolute Gasteiger partial charge is 0.493 e. The number of benzene rings is 2. The van der Waals surface area contributed by atoms with E-state index in [-0.39, 0.29) is 12.2 Å². The van der Waals surface area contributed by atoms with Crippen LogP contribution in [0.4, 0.5) is 0 Å². The van der Waals surface area contributed by atoms with Gasteiger partial charge in [0.15, 0.2) is 18.1 Å². The highest BCUT2D eigenvalue weighted by Crippen LogP contribution is 2.33. The molecule has 2 N–H and O–H groups in total. The average molecular weight is 566 g/mol. The molecule has 0 saturated carbocycles. The quantitative estimate of drug-likeness (QED) is 0.455. The summed E-state index contributed by atoms with van der Waals surface area (Å²) in [6.45, 7) is 5.62. The van der Waals surface area contributed by atoms with Crippen molar-refractivity contribution in [3.63, 3.8) is 0 Å². The topological polar surface area (TPSA) is 109 Å². The number of fused-ring (bicyclic) bond motifs is 1. The monoisotopic (exact) mass is 564 g/mol. The van der Waals surface area contributed by atoms with Crippen molar-refractivity contribution in [3.8, 4) is 11.5 Å². The molecule has 2 aromatic carbocycles. The van der Waals surface area contributed by atoms with E-state index in [2.05, 4.69) is 37.0 Å². The first-order valence-corrected chi connectivity index (χ1v) is 11.2. The Labute approximate surface area is 201 Å². The fourth-order valence-corrected chi connectivity index (χ4v) is 3.72. The van der Waals surface area contributed by atoms with Gasteiger partial charge in [0.1, 0.15) is 5.82 Å². The van der Waals surface area contributed by atoms with E-state index in [1.165, 1.54) is 18.0 Å². The fraction of sp³-hybridized carbons (Fsp3) is 0.273. The highest BCUT2D eigenvalue weighted by molar-refractivity contribution is 9.10. The van der Waals surface area contributed by atoms with E-state index >= 15 is 0 Å². The highest BCUT2D eigenvalue weighted by Gasteiger charge is 2.23. The summed E-state index contributed by atoms with van der Waals surface area (Å²) in [5, 5.41) is 4.92. The molecular weight excluding hydrogens is 544 g/mol. The Balaban J connectivity index is 2.13. The number of carbonyl (C=O) groups is 1. The van der Waals surface area contributed by atoms with E-state index in [0.717, 1.165) is 4.47 Å². The van der Waals surface area contributed by atoms with E-state index in [4.69, 9.17) is 20.2 Å². The van der Waals surface area contributed by atoms with Crippen molar-refractivity contribution >= 4 is 54.9 Å². The molecular formula is C22H22Br2N4O4. The van der Waals surface area contributed by atoms with Gasteiger partial charge in [-0.1, -0.05) is 36.7 Å². The minimum atomic E-state index is -0.599. The van der Waals surface area contributed by atoms with Crippen molar-refractivity contribution in [2.24, 2.45) is 10.8 Å². The van der Waals surface area contributed by atoms with Crippen LogP contribution in [0.25, 0.3) is 10.9 Å². The summed E-state index contributed by atoms with van der Waals surface area (Å²) in [5.41, 5.74) is 5.68. The molecule has 3 aromatic rings. The summed E-state index contributed by atoms with van der Waals surface area (Å²) in [5.74, 6) is 0.663. The summed E-state index contributed by atoms with van der Waals surface area (Å²) in [6, 6.07) is 8.70. The number of nitrogens with zero attached hydrogens (tertiary/aromatic N) is 3. The van der Waals surface area contributed by atoms with E-state index in [1.807, 2.05) is 26.8 Å². The van der Waals surface area contributed by atoms with Crippen molar-refractivity contribution in [3.05, 3.63) is 61.0 Å². The highest BCUT2D eigenvalue weighted by atomic mass is 79.9. The number of carbonyl (C=O) groups excluding carboxylic acids is 1. The summed E-state index contributed by atoms with van der Waals surface area (Å²) in [7, 11) is 1.48. The maximum atomic E-state index is 13.3. The van der Waals surface area contributed by atoms with Gasteiger partial charge in [-0.3, -0.25) is 9.59 Å². The first kappa shape index (κ1) is 23.9. The number of aromatic nitrogens is 2. The molecule has 0 aliphatic carbocycles. The number of rotatable bonds is 6. The van der Waals surface area contributed by atoms with Gasteiger partial charge in [0, 0.05) is 19.9 Å². The number of primary amides is 1. The molecule has 1 amide bonds. The smallest absolute Gasteiger partial charge is 0.282 e. The Morgan fingerprint density at radius 2 is 1.94 bits per heavy atom. The van der Waals surface area contributed by atoms with Crippen LogP contribution >= 0.6 is 31.9 Å². The predicted octanol–water partition coefficient (Wildman–Crippen LogP) is 3.97. The zero-order chi connectivity index (χ0) is 23.6. The molecule has 1 aromatic heterocycles. The molecule has 1 heterocycles. The molecule has 0 fully saturated rings. The van der Waals surface area contributed by atoms with Gasteiger partial charge in [0.2, 0.25) is 0 Å². The van der Waals surface area contributed by atoms with Gasteiger partial charge in [-0.15, -0.1) is 0 Å². The van der Waals surface area contributed by atoms with Crippen molar-refractivity contribution in [2.45, 2.75) is 26.2 Å². The fourth-order valence-electron chi connectivity index (χ4n) is 2.93. The van der Waals surface area contributed by atoms with Crippen LogP contribution in [0, 0.1) is 0 Å². The molecule has 168 valence electrons. The van der Waals surface area contributed by atoms with Crippen LogP contribution < -0.4 is 20.8 Å². The minimum Gasteiger partial charge on any atom is -0.493 e. The molecule has 0 aliphatic heterocycles. The molecule has 0 spiro atoms. The molecule has 0 radical (unpaired) electrons. The van der Waals surface area contributed by atoms with Crippen molar-refractivity contribution < 1.29 is 14.3 Å². The summed E-state index contributed by atoms with van der Waals surface area (Å²) >= 11 is 6.87. The molecule has 0 saturated heterocycles. The van der Waals surface area contributed by atoms with Gasteiger partial charge in [-0.25, -0.2) is 4.98 Å². The second-order valence-corrected chi connectivity index (χ2v) is 9.76. The molecule has 0 bridgehead atoms. The number of hydrogen-bond donors (Lipinski definition) is 1. The van der Waals surface area contributed by atoms with Crippen molar-refractivity contribution in [2.75, 3.05) is 13.7 Å². The van der Waals surface area contributed by atoms with Crippen LogP contribution in [-0.2, 0) is 10.2 Å². The second-order valence-electron chi connectivity index (χ2n) is 7.99. The molecule has 0 aliphatic rings. The zero-order valence-corrected chi connectivity index (χ0v) is 21.2. The Morgan fingerprint density at radius 3 is 2.56 bits per heavy atom. The van der Waals surface area contributed by atoms with Gasteiger partial charge >= 0.3 is 0 Å². The normalized spacial score (nSPS) is 11.8. The molecule has 0 unspecified atom stereocenters. The van der Waals surface area contributed by atoms with Crippen LogP contribution in [0.1, 0.15) is 32.2 Å². The predicted molar refractivity (Wildman–Crippen MR) is 131 cm³/mol. The number of methoxy groups -OCH3 is 1. The standard InChI is InChI=1S/C22H22Br2N4O4/c1-22(2,3)21-27-16-6-5-13(23)8-14(16)20(30)28(21)26-10-12-7-17(31-4)18(9-15(12)24)32-11-19(25)29/h5-10H,11H2,1-4H3,(H2,25,29). The lowest BCUT2D eigenvalue weighted by Gasteiger charge is -2.21. The molecule has 32 heavy (non-hydrogen) atoms. The van der Waals surface area contributed by atoms with E-state index in [0.29, 0.717) is 38.3 Å². The lowest BCUT2D eigenvalue weighted by Crippen LogP contribution is -2.29. The number of amides is 1. The number of halogens is 2.